The molecule has 1 aromatic carbocycles. The lowest BCUT2D eigenvalue weighted by Gasteiger charge is -2.10. The van der Waals surface area contributed by atoms with E-state index < -0.39 is 27.6 Å². The second kappa shape index (κ2) is 7.32. The Balaban J connectivity index is 2.24. The summed E-state index contributed by atoms with van der Waals surface area (Å²) in [5.41, 5.74) is 0.126. The number of amides is 1. The van der Waals surface area contributed by atoms with Gasteiger partial charge in [0.15, 0.2) is 11.6 Å². The lowest BCUT2D eigenvalue weighted by atomic mass is 10.3. The van der Waals surface area contributed by atoms with Crippen LogP contribution in [0.1, 0.15) is 30.8 Å². The van der Waals surface area contributed by atoms with Crippen LogP contribution in [0.15, 0.2) is 35.4 Å². The molecule has 9 heteroatoms. The SMILES string of the molecule is CCC(C)NS(=O)(=O)c1cc(C(=O)Nc2ccc(F)c(F)c2)n(C)c1. The van der Waals surface area contributed by atoms with Gasteiger partial charge in [0, 0.05) is 31.0 Å². The predicted octanol–water partition coefficient (Wildman–Crippen LogP) is 2.63. The van der Waals surface area contributed by atoms with Gasteiger partial charge in [-0.3, -0.25) is 4.79 Å². The highest BCUT2D eigenvalue weighted by Crippen LogP contribution is 2.17. The van der Waals surface area contributed by atoms with E-state index in [0.717, 1.165) is 12.1 Å². The number of nitrogens with one attached hydrogen (secondary N) is 2. The van der Waals surface area contributed by atoms with Gasteiger partial charge < -0.3 is 9.88 Å². The van der Waals surface area contributed by atoms with Crippen molar-refractivity contribution in [1.29, 1.82) is 0 Å². The summed E-state index contributed by atoms with van der Waals surface area (Å²) >= 11 is 0. The fourth-order valence-corrected chi connectivity index (χ4v) is 3.49. The zero-order chi connectivity index (χ0) is 18.8. The van der Waals surface area contributed by atoms with Crippen LogP contribution in [0.25, 0.3) is 0 Å². The van der Waals surface area contributed by atoms with E-state index in [1.807, 2.05) is 6.92 Å². The summed E-state index contributed by atoms with van der Waals surface area (Å²) in [5, 5.41) is 2.40. The number of rotatable bonds is 6. The molecule has 0 aliphatic heterocycles. The van der Waals surface area contributed by atoms with Crippen molar-refractivity contribution in [3.8, 4) is 0 Å². The van der Waals surface area contributed by atoms with Gasteiger partial charge in [-0.25, -0.2) is 21.9 Å². The number of anilines is 1. The van der Waals surface area contributed by atoms with Crippen molar-refractivity contribution in [1.82, 2.24) is 9.29 Å². The molecule has 2 N–H and O–H groups in total. The Bertz CT molecular complexity index is 894. The van der Waals surface area contributed by atoms with Crippen LogP contribution in [0.5, 0.6) is 0 Å². The van der Waals surface area contributed by atoms with Crippen molar-refractivity contribution in [2.24, 2.45) is 7.05 Å². The first-order chi connectivity index (χ1) is 11.6. The molecule has 0 spiro atoms. The highest BCUT2D eigenvalue weighted by molar-refractivity contribution is 7.89. The van der Waals surface area contributed by atoms with Crippen LogP contribution in [0.2, 0.25) is 0 Å². The molecular weight excluding hydrogens is 352 g/mol. The molecule has 25 heavy (non-hydrogen) atoms. The first kappa shape index (κ1) is 19.1. The number of carbonyl (C=O) groups is 1. The highest BCUT2D eigenvalue weighted by atomic mass is 32.2. The van der Waals surface area contributed by atoms with Gasteiger partial charge in [0.05, 0.1) is 0 Å². The molecule has 0 fully saturated rings. The molecule has 2 rings (SSSR count). The number of aromatic nitrogens is 1. The molecule has 0 aliphatic rings. The molecule has 0 saturated carbocycles. The Kier molecular flexibility index (Phi) is 5.58. The summed E-state index contributed by atoms with van der Waals surface area (Å²) in [6.07, 6.45) is 1.93. The molecular formula is C16H19F2N3O3S. The molecule has 0 saturated heterocycles. The maximum atomic E-state index is 13.2. The number of sulfonamides is 1. The Hall–Kier alpha value is -2.26. The van der Waals surface area contributed by atoms with Gasteiger partial charge in [0.25, 0.3) is 5.91 Å². The fraction of sp³-hybridized carbons (Fsp3) is 0.312. The Morgan fingerprint density at radius 3 is 2.52 bits per heavy atom. The molecule has 1 amide bonds. The van der Waals surface area contributed by atoms with Crippen molar-refractivity contribution in [2.45, 2.75) is 31.2 Å². The average Bonchev–Trinajstić information content (AvgIpc) is 2.93. The third-order valence-electron chi connectivity index (χ3n) is 3.67. The van der Waals surface area contributed by atoms with E-state index in [9.17, 15) is 22.0 Å². The maximum Gasteiger partial charge on any atom is 0.272 e. The van der Waals surface area contributed by atoms with E-state index in [1.54, 1.807) is 6.92 Å². The first-order valence-corrected chi connectivity index (χ1v) is 9.07. The molecule has 6 nitrogen and oxygen atoms in total. The fourth-order valence-electron chi connectivity index (χ4n) is 2.09. The smallest absolute Gasteiger partial charge is 0.272 e. The van der Waals surface area contributed by atoms with Crippen LogP contribution in [0.4, 0.5) is 14.5 Å². The molecule has 1 atom stereocenters. The van der Waals surface area contributed by atoms with Gasteiger partial charge in [0.2, 0.25) is 10.0 Å². The van der Waals surface area contributed by atoms with Gasteiger partial charge in [-0.1, -0.05) is 6.92 Å². The van der Waals surface area contributed by atoms with Gasteiger partial charge in [0.1, 0.15) is 10.6 Å². The normalized spacial score (nSPS) is 12.8. The zero-order valence-corrected chi connectivity index (χ0v) is 14.8. The lowest BCUT2D eigenvalue weighted by Crippen LogP contribution is -2.31. The van der Waals surface area contributed by atoms with Crippen LogP contribution < -0.4 is 10.0 Å². The molecule has 136 valence electrons. The number of hydrogen-bond donors (Lipinski definition) is 2. The summed E-state index contributed by atoms with van der Waals surface area (Å²) in [6, 6.07) is 3.92. The standard InChI is InChI=1S/C16H19F2N3O3S/c1-4-10(2)20-25(23,24)12-8-15(21(3)9-12)16(22)19-11-5-6-13(17)14(18)7-11/h5-10,20H,4H2,1-3H3,(H,19,22). The predicted molar refractivity (Wildman–Crippen MR) is 89.8 cm³/mol. The highest BCUT2D eigenvalue weighted by Gasteiger charge is 2.22. The minimum atomic E-state index is -3.75. The molecule has 0 aliphatic carbocycles. The molecule has 1 heterocycles. The summed E-state index contributed by atoms with van der Waals surface area (Å²) in [5.74, 6) is -2.76. The maximum absolute atomic E-state index is 13.2. The number of benzene rings is 1. The number of halogens is 2. The summed E-state index contributed by atoms with van der Waals surface area (Å²) in [7, 11) is -2.24. The van der Waals surface area contributed by atoms with E-state index in [1.165, 1.54) is 29.9 Å². The molecule has 0 radical (unpaired) electrons. The van der Waals surface area contributed by atoms with Crippen LogP contribution >= 0.6 is 0 Å². The molecule has 0 bridgehead atoms. The largest absolute Gasteiger partial charge is 0.345 e. The van der Waals surface area contributed by atoms with Gasteiger partial charge in [-0.05, 0) is 31.5 Å². The van der Waals surface area contributed by atoms with Gasteiger partial charge >= 0.3 is 0 Å². The van der Waals surface area contributed by atoms with E-state index in [4.69, 9.17) is 0 Å². The van der Waals surface area contributed by atoms with E-state index >= 15 is 0 Å². The monoisotopic (exact) mass is 371 g/mol. The number of aryl methyl sites for hydroxylation is 1. The Morgan fingerprint density at radius 1 is 1.24 bits per heavy atom. The van der Waals surface area contributed by atoms with Crippen molar-refractivity contribution in [3.05, 3.63) is 47.8 Å². The Labute approximate surface area is 144 Å². The van der Waals surface area contributed by atoms with Crippen LogP contribution in [0, 0.1) is 11.6 Å². The lowest BCUT2D eigenvalue weighted by molar-refractivity contribution is 0.101. The van der Waals surface area contributed by atoms with Crippen molar-refractivity contribution < 1.29 is 22.0 Å². The minimum absolute atomic E-state index is 0.0502. The first-order valence-electron chi connectivity index (χ1n) is 7.59. The number of hydrogen-bond acceptors (Lipinski definition) is 3. The summed E-state index contributed by atoms with van der Waals surface area (Å²) < 4.78 is 54.5. The Morgan fingerprint density at radius 2 is 1.92 bits per heavy atom. The van der Waals surface area contributed by atoms with E-state index in [-0.39, 0.29) is 22.3 Å². The second-order valence-corrected chi connectivity index (χ2v) is 7.40. The van der Waals surface area contributed by atoms with Crippen LogP contribution in [-0.4, -0.2) is 24.9 Å². The molecule has 2 aromatic rings. The van der Waals surface area contributed by atoms with Crippen LogP contribution in [0.3, 0.4) is 0 Å². The summed E-state index contributed by atoms with van der Waals surface area (Å²) in [4.78, 5) is 12.2. The topological polar surface area (TPSA) is 80.2 Å². The van der Waals surface area contributed by atoms with Gasteiger partial charge in [-0.15, -0.1) is 0 Å². The zero-order valence-electron chi connectivity index (χ0n) is 14.0. The molecule has 1 unspecified atom stereocenters. The van der Waals surface area contributed by atoms with E-state index in [0.29, 0.717) is 6.42 Å². The third kappa shape index (κ3) is 4.43. The minimum Gasteiger partial charge on any atom is -0.345 e. The number of carbonyl (C=O) groups excluding carboxylic acids is 1. The van der Waals surface area contributed by atoms with Crippen molar-refractivity contribution >= 4 is 21.6 Å². The average molecular weight is 371 g/mol. The second-order valence-electron chi connectivity index (χ2n) is 5.69. The van der Waals surface area contributed by atoms with E-state index in [2.05, 4.69) is 10.0 Å². The van der Waals surface area contributed by atoms with Crippen molar-refractivity contribution in [2.75, 3.05) is 5.32 Å². The molecule has 1 aromatic heterocycles. The van der Waals surface area contributed by atoms with Gasteiger partial charge in [-0.2, -0.15) is 0 Å². The number of nitrogens with zero attached hydrogens (tertiary/aromatic N) is 1. The third-order valence-corrected chi connectivity index (χ3v) is 5.23. The summed E-state index contributed by atoms with van der Waals surface area (Å²) in [6.45, 7) is 3.58. The van der Waals surface area contributed by atoms with Crippen molar-refractivity contribution in [3.63, 3.8) is 0 Å². The quantitative estimate of drug-likeness (QED) is 0.819. The van der Waals surface area contributed by atoms with Crippen LogP contribution in [-0.2, 0) is 17.1 Å².